The molecule has 0 spiro atoms. The van der Waals surface area contributed by atoms with Crippen LogP contribution in [0.3, 0.4) is 0 Å². The van der Waals surface area contributed by atoms with E-state index in [2.05, 4.69) is 15.6 Å². The van der Waals surface area contributed by atoms with Gasteiger partial charge in [0, 0.05) is 22.6 Å². The summed E-state index contributed by atoms with van der Waals surface area (Å²) in [5, 5.41) is 5.80. The first kappa shape index (κ1) is 17.8. The lowest BCUT2D eigenvalue weighted by Crippen LogP contribution is -2.15. The molecule has 0 saturated heterocycles. The molecule has 4 nitrogen and oxygen atoms in total. The number of nitrogens with one attached hydrogen (secondary N) is 2. The Morgan fingerprint density at radius 3 is 2.38 bits per heavy atom. The zero-order valence-corrected chi connectivity index (χ0v) is 13.8. The molecule has 2 aromatic carbocycles. The number of rotatable bonds is 4. The van der Waals surface area contributed by atoms with Gasteiger partial charge in [-0.1, -0.05) is 11.6 Å². The van der Waals surface area contributed by atoms with Crippen molar-refractivity contribution in [2.24, 2.45) is 0 Å². The first-order chi connectivity index (χ1) is 12.4. The maximum Gasteiger partial charge on any atom is 0.274 e. The number of hydrogen-bond acceptors (Lipinski definition) is 3. The van der Waals surface area contributed by atoms with Crippen molar-refractivity contribution in [2.75, 3.05) is 10.6 Å². The molecule has 0 fully saturated rings. The highest BCUT2D eigenvalue weighted by Gasteiger charge is 2.16. The predicted octanol–water partition coefficient (Wildman–Crippen LogP) is 5.15. The summed E-state index contributed by atoms with van der Waals surface area (Å²) in [6.45, 7) is 0. The molecule has 26 heavy (non-hydrogen) atoms. The Balaban J connectivity index is 1.78. The fourth-order valence-corrected chi connectivity index (χ4v) is 2.27. The Hall–Kier alpha value is -3.06. The molecular weight excluding hydrogens is 367 g/mol. The number of anilines is 3. The van der Waals surface area contributed by atoms with Crippen LogP contribution in [-0.2, 0) is 0 Å². The second-order valence-corrected chi connectivity index (χ2v) is 5.68. The Kier molecular flexibility index (Phi) is 5.09. The number of pyridine rings is 1. The minimum absolute atomic E-state index is 0.0342. The first-order valence-corrected chi connectivity index (χ1v) is 7.75. The minimum Gasteiger partial charge on any atom is -0.355 e. The molecule has 132 valence electrons. The largest absolute Gasteiger partial charge is 0.355 e. The van der Waals surface area contributed by atoms with Crippen molar-refractivity contribution < 1.29 is 18.0 Å². The van der Waals surface area contributed by atoms with Gasteiger partial charge in [0.2, 0.25) is 0 Å². The maximum absolute atomic E-state index is 13.7. The number of nitrogens with zero attached hydrogens (tertiary/aromatic N) is 1. The summed E-state index contributed by atoms with van der Waals surface area (Å²) in [7, 11) is 0. The molecule has 0 aliphatic carbocycles. The molecule has 8 heteroatoms. The third-order valence-electron chi connectivity index (χ3n) is 3.41. The van der Waals surface area contributed by atoms with Gasteiger partial charge in [-0.2, -0.15) is 0 Å². The molecule has 0 saturated carbocycles. The molecule has 1 aromatic heterocycles. The van der Waals surface area contributed by atoms with E-state index in [1.165, 1.54) is 12.3 Å². The van der Waals surface area contributed by atoms with E-state index < -0.39 is 29.0 Å². The molecular formula is C18H11ClF3N3O. The van der Waals surface area contributed by atoms with Gasteiger partial charge in [0.1, 0.15) is 5.69 Å². The normalized spacial score (nSPS) is 10.5. The summed E-state index contributed by atoms with van der Waals surface area (Å²) < 4.78 is 39.9. The molecule has 2 N–H and O–H groups in total. The summed E-state index contributed by atoms with van der Waals surface area (Å²) in [4.78, 5) is 16.1. The Bertz CT molecular complexity index is 964. The smallest absolute Gasteiger partial charge is 0.274 e. The molecule has 0 unspecified atom stereocenters. The van der Waals surface area contributed by atoms with E-state index in [1.54, 1.807) is 30.3 Å². The lowest BCUT2D eigenvalue weighted by atomic mass is 10.2. The minimum atomic E-state index is -1.66. The molecule has 0 aliphatic heterocycles. The number of amides is 1. The van der Waals surface area contributed by atoms with E-state index in [0.717, 1.165) is 17.8 Å². The number of carbonyl (C=O) groups excluding carboxylic acids is 1. The molecule has 1 heterocycles. The van der Waals surface area contributed by atoms with Crippen LogP contribution in [0.2, 0.25) is 5.02 Å². The topological polar surface area (TPSA) is 54.0 Å². The number of aromatic nitrogens is 1. The van der Waals surface area contributed by atoms with Crippen molar-refractivity contribution in [2.45, 2.75) is 0 Å². The summed E-state index contributed by atoms with van der Waals surface area (Å²) in [5.74, 6) is -5.25. The number of halogens is 4. The molecule has 0 atom stereocenters. The van der Waals surface area contributed by atoms with Crippen LogP contribution in [0.5, 0.6) is 0 Å². The van der Waals surface area contributed by atoms with Gasteiger partial charge in [0.15, 0.2) is 17.5 Å². The fourth-order valence-electron chi connectivity index (χ4n) is 2.14. The Morgan fingerprint density at radius 1 is 0.923 bits per heavy atom. The zero-order chi connectivity index (χ0) is 18.7. The highest BCUT2D eigenvalue weighted by atomic mass is 35.5. The van der Waals surface area contributed by atoms with E-state index in [-0.39, 0.29) is 5.69 Å². The van der Waals surface area contributed by atoms with Crippen molar-refractivity contribution in [1.29, 1.82) is 0 Å². The summed E-state index contributed by atoms with van der Waals surface area (Å²) in [6.07, 6.45) is 1.38. The van der Waals surface area contributed by atoms with Gasteiger partial charge in [-0.3, -0.25) is 9.78 Å². The maximum atomic E-state index is 13.7. The van der Waals surface area contributed by atoms with Gasteiger partial charge in [-0.25, -0.2) is 13.2 Å². The van der Waals surface area contributed by atoms with Crippen LogP contribution in [0.15, 0.2) is 54.7 Å². The third-order valence-corrected chi connectivity index (χ3v) is 3.66. The third kappa shape index (κ3) is 3.94. The average Bonchev–Trinajstić information content (AvgIpc) is 2.64. The van der Waals surface area contributed by atoms with Gasteiger partial charge in [-0.15, -0.1) is 0 Å². The molecule has 1 amide bonds. The Labute approximate surface area is 151 Å². The number of carbonyl (C=O) groups is 1. The molecule has 0 radical (unpaired) electrons. The van der Waals surface area contributed by atoms with E-state index in [0.29, 0.717) is 10.7 Å². The summed E-state index contributed by atoms with van der Waals surface area (Å²) in [5.41, 5.74) is 0.775. The van der Waals surface area contributed by atoms with Crippen molar-refractivity contribution in [3.05, 3.63) is 82.9 Å². The van der Waals surface area contributed by atoms with Gasteiger partial charge in [-0.05, 0) is 48.5 Å². The van der Waals surface area contributed by atoms with Crippen LogP contribution in [0.4, 0.5) is 30.2 Å². The molecule has 3 rings (SSSR count). The van der Waals surface area contributed by atoms with Crippen molar-refractivity contribution in [3.63, 3.8) is 0 Å². The van der Waals surface area contributed by atoms with Crippen molar-refractivity contribution in [1.82, 2.24) is 4.98 Å². The van der Waals surface area contributed by atoms with Gasteiger partial charge in [0.25, 0.3) is 5.91 Å². The van der Waals surface area contributed by atoms with Gasteiger partial charge >= 0.3 is 0 Å². The lowest BCUT2D eigenvalue weighted by molar-refractivity contribution is 0.102. The van der Waals surface area contributed by atoms with Crippen LogP contribution in [0.25, 0.3) is 0 Å². The van der Waals surface area contributed by atoms with Crippen LogP contribution in [0.1, 0.15) is 10.5 Å². The predicted molar refractivity (Wildman–Crippen MR) is 93.2 cm³/mol. The van der Waals surface area contributed by atoms with E-state index >= 15 is 0 Å². The van der Waals surface area contributed by atoms with Crippen molar-refractivity contribution in [3.8, 4) is 0 Å². The van der Waals surface area contributed by atoms with E-state index in [4.69, 9.17) is 11.6 Å². The standard InChI is InChI=1S/C18H11ClF3N3O/c19-10-1-3-11(4-2-10)24-12-7-8-23-15(9-12)18(26)25-14-6-5-13(20)16(21)17(14)22/h1-9H,(H,23,24)(H,25,26). The van der Waals surface area contributed by atoms with E-state index in [9.17, 15) is 18.0 Å². The summed E-state index contributed by atoms with van der Waals surface area (Å²) >= 11 is 5.82. The zero-order valence-electron chi connectivity index (χ0n) is 13.1. The van der Waals surface area contributed by atoms with Crippen LogP contribution in [-0.4, -0.2) is 10.9 Å². The molecule has 0 bridgehead atoms. The molecule has 3 aromatic rings. The van der Waals surface area contributed by atoms with Gasteiger partial charge < -0.3 is 10.6 Å². The second-order valence-electron chi connectivity index (χ2n) is 5.24. The Morgan fingerprint density at radius 2 is 1.65 bits per heavy atom. The average molecular weight is 378 g/mol. The van der Waals surface area contributed by atoms with Gasteiger partial charge in [0.05, 0.1) is 5.69 Å². The fraction of sp³-hybridized carbons (Fsp3) is 0. The quantitative estimate of drug-likeness (QED) is 0.618. The SMILES string of the molecule is O=C(Nc1ccc(F)c(F)c1F)c1cc(Nc2ccc(Cl)cc2)ccn1. The van der Waals surface area contributed by atoms with E-state index in [1.807, 2.05) is 0 Å². The highest BCUT2D eigenvalue weighted by molar-refractivity contribution is 6.30. The first-order valence-electron chi connectivity index (χ1n) is 7.37. The summed E-state index contributed by atoms with van der Waals surface area (Å²) in [6, 6.07) is 11.6. The number of benzene rings is 2. The van der Waals surface area contributed by atoms with Crippen molar-refractivity contribution >= 4 is 34.6 Å². The second kappa shape index (κ2) is 7.45. The van der Waals surface area contributed by atoms with Crippen LogP contribution in [0, 0.1) is 17.5 Å². The highest BCUT2D eigenvalue weighted by Crippen LogP contribution is 2.22. The number of hydrogen-bond donors (Lipinski definition) is 2. The molecule has 0 aliphatic rings. The monoisotopic (exact) mass is 377 g/mol. The van der Waals surface area contributed by atoms with Crippen LogP contribution >= 0.6 is 11.6 Å². The lowest BCUT2D eigenvalue weighted by Gasteiger charge is -2.09. The van der Waals surface area contributed by atoms with Crippen LogP contribution < -0.4 is 10.6 Å².